The summed E-state index contributed by atoms with van der Waals surface area (Å²) in [5.41, 5.74) is 9.32. The fourth-order valence-corrected chi connectivity index (χ4v) is 13.3. The van der Waals surface area contributed by atoms with E-state index in [0.717, 1.165) is 22.3 Å². The van der Waals surface area contributed by atoms with E-state index in [-0.39, 0.29) is 16.7 Å². The second-order valence-corrected chi connectivity index (χ2v) is 21.1. The summed E-state index contributed by atoms with van der Waals surface area (Å²) < 4.78 is 14.1. The van der Waals surface area contributed by atoms with Crippen LogP contribution in [-0.4, -0.2) is 30.5 Å². The highest BCUT2D eigenvalue weighted by Crippen LogP contribution is 2.55. The summed E-state index contributed by atoms with van der Waals surface area (Å²) >= 11 is 0. The molecule has 0 bridgehead atoms. The Morgan fingerprint density at radius 1 is 0.429 bits per heavy atom. The number of benzene rings is 4. The number of hydrogen-bond donors (Lipinski definition) is 0. The molecule has 0 N–H and O–H groups in total. The van der Waals surface area contributed by atoms with E-state index in [1.165, 1.54) is 6.55 Å². The summed E-state index contributed by atoms with van der Waals surface area (Å²) in [5.74, 6) is -2.32. The smallest absolute Gasteiger partial charge is 0.271 e. The predicted octanol–water partition coefficient (Wildman–Crippen LogP) is 10.4. The molecule has 254 valence electrons. The molecule has 0 spiro atoms. The molecule has 0 saturated carbocycles. The number of aryl methyl sites for hydroxylation is 12. The highest BCUT2D eigenvalue weighted by molar-refractivity contribution is 7.82. The van der Waals surface area contributed by atoms with Crippen molar-refractivity contribution < 1.29 is 23.7 Å². The maximum atomic E-state index is 15.9. The van der Waals surface area contributed by atoms with E-state index >= 15 is 19.2 Å². The van der Waals surface area contributed by atoms with Gasteiger partial charge in [-0.3, -0.25) is 23.7 Å². The van der Waals surface area contributed by atoms with Crippen LogP contribution in [0.3, 0.4) is 0 Å². The van der Waals surface area contributed by atoms with Crippen LogP contribution in [-0.2, 0) is 4.57 Å². The van der Waals surface area contributed by atoms with Crippen LogP contribution >= 0.6 is 8.01 Å². The maximum Gasteiger partial charge on any atom is 0.271 e. The number of ketones is 3. The quantitative estimate of drug-likeness (QED) is 0.0716. The van der Waals surface area contributed by atoms with Gasteiger partial charge < -0.3 is 0 Å². The van der Waals surface area contributed by atoms with Crippen LogP contribution in [0.5, 0.6) is 0 Å². The summed E-state index contributed by atoms with van der Waals surface area (Å²) in [7, 11) is -5.31. The van der Waals surface area contributed by atoms with Crippen molar-refractivity contribution in [1.29, 1.82) is 0 Å². The monoisotopic (exact) mass is 690 g/mol. The number of carbonyl (C=O) groups excluding carboxylic acids is 4. The van der Waals surface area contributed by atoms with Crippen molar-refractivity contribution >= 4 is 38.5 Å². The van der Waals surface area contributed by atoms with Crippen LogP contribution in [0.1, 0.15) is 108 Å². The van der Waals surface area contributed by atoms with Crippen molar-refractivity contribution in [2.45, 2.75) is 94.7 Å². The minimum Gasteiger partial charge on any atom is -0.299 e. The van der Waals surface area contributed by atoms with Gasteiger partial charge in [-0.05, 0) is 128 Å². The molecule has 0 amide bonds. The third kappa shape index (κ3) is 6.15. The van der Waals surface area contributed by atoms with Gasteiger partial charge >= 0.3 is 0 Å². The Morgan fingerprint density at radius 2 is 0.633 bits per heavy atom. The normalized spacial score (nSPS) is 12.9. The third-order valence-electron chi connectivity index (χ3n) is 9.99. The fourth-order valence-electron chi connectivity index (χ4n) is 8.21. The molecule has 1 unspecified atom stereocenters. The molecule has 5 nitrogen and oxygen atoms in total. The highest BCUT2D eigenvalue weighted by atomic mass is 31.3. The van der Waals surface area contributed by atoms with E-state index in [0.29, 0.717) is 50.1 Å². The standard InChI is InChI=1S/C42H47O5PSi/c1-22-14-26(5)34(27(6)15-22)38(43)42(39(44)35-28(7)16-23(2)17-29(35)8,40(45)36-30(9)18-24(3)19-31(36)10)49(13,48-47)41(46)37-32(11)20-25(4)21-33(37)12/h14-21H,1-13H3. The molecule has 0 aliphatic heterocycles. The Labute approximate surface area is 293 Å². The molecule has 1 atom stereocenters. The zero-order valence-corrected chi connectivity index (χ0v) is 33.0. The van der Waals surface area contributed by atoms with Crippen LogP contribution < -0.4 is 0 Å². The minimum atomic E-state index is -4.61. The van der Waals surface area contributed by atoms with Crippen molar-refractivity contribution in [3.63, 3.8) is 0 Å². The van der Waals surface area contributed by atoms with E-state index < -0.39 is 43.5 Å². The van der Waals surface area contributed by atoms with Crippen molar-refractivity contribution in [2.75, 3.05) is 0 Å². The first-order chi connectivity index (χ1) is 22.7. The Bertz CT molecular complexity index is 1850. The first-order valence-corrected chi connectivity index (χ1v) is 20.7. The van der Waals surface area contributed by atoms with Crippen LogP contribution in [0.4, 0.5) is 0 Å². The topological polar surface area (TPSA) is 85.3 Å². The Hall–Kier alpha value is -4.12. The average Bonchev–Trinajstić information content (AvgIpc) is 2.95. The molecule has 4 rings (SSSR count). The van der Waals surface area contributed by atoms with Gasteiger partial charge in [0.15, 0.2) is 27.8 Å². The zero-order chi connectivity index (χ0) is 36.9. The van der Waals surface area contributed by atoms with Gasteiger partial charge in [0.2, 0.25) is 0 Å². The summed E-state index contributed by atoms with van der Waals surface area (Å²) in [6.45, 7) is 23.4. The molecular weight excluding hydrogens is 644 g/mol. The molecule has 0 heterocycles. The Balaban J connectivity index is 2.35. The molecule has 0 radical (unpaired) electrons. The van der Waals surface area contributed by atoms with Gasteiger partial charge in [0, 0.05) is 22.3 Å². The lowest BCUT2D eigenvalue weighted by molar-refractivity contribution is 0.0734. The van der Waals surface area contributed by atoms with Gasteiger partial charge in [0.1, 0.15) is 8.01 Å². The van der Waals surface area contributed by atoms with Crippen molar-refractivity contribution in [1.82, 2.24) is 0 Å². The lowest BCUT2D eigenvalue weighted by Crippen LogP contribution is -2.61. The number of carbonyl (C=O) groups is 4. The molecule has 0 aliphatic rings. The van der Waals surface area contributed by atoms with Crippen LogP contribution in [0.25, 0.3) is 0 Å². The number of rotatable bonds is 10. The van der Waals surface area contributed by atoms with E-state index in [1.54, 1.807) is 55.4 Å². The number of hydrogen-bond acceptors (Lipinski definition) is 5. The summed E-state index contributed by atoms with van der Waals surface area (Å²) in [4.78, 5) is 63.0. The Morgan fingerprint density at radius 3 is 0.837 bits per heavy atom. The van der Waals surface area contributed by atoms with E-state index in [1.807, 2.05) is 76.2 Å². The van der Waals surface area contributed by atoms with Crippen LogP contribution in [0.15, 0.2) is 48.5 Å². The van der Waals surface area contributed by atoms with Crippen LogP contribution in [0.2, 0.25) is 11.6 Å². The molecule has 0 saturated heterocycles. The van der Waals surface area contributed by atoms with Gasteiger partial charge in [-0.15, -0.1) is 0 Å². The molecular formula is C42H47O5PSi. The molecule has 4 aromatic rings. The van der Waals surface area contributed by atoms with Gasteiger partial charge in [-0.25, -0.2) is 0 Å². The molecule has 0 aliphatic carbocycles. The Kier molecular flexibility index (Phi) is 10.5. The maximum absolute atomic E-state index is 15.9. The van der Waals surface area contributed by atoms with Crippen molar-refractivity contribution in [3.05, 3.63) is 138 Å². The molecule has 4 aromatic carbocycles. The zero-order valence-electron chi connectivity index (χ0n) is 31.1. The van der Waals surface area contributed by atoms with E-state index in [4.69, 9.17) is 0 Å². The summed E-state index contributed by atoms with van der Waals surface area (Å²) in [6.07, 6.45) is 0. The molecule has 0 fully saturated rings. The average molecular weight is 691 g/mol. The largest absolute Gasteiger partial charge is 0.299 e. The lowest BCUT2D eigenvalue weighted by atomic mass is 9.77. The van der Waals surface area contributed by atoms with Gasteiger partial charge in [-0.1, -0.05) is 77.3 Å². The van der Waals surface area contributed by atoms with Crippen molar-refractivity contribution in [2.24, 2.45) is 0 Å². The molecule has 49 heavy (non-hydrogen) atoms. The van der Waals surface area contributed by atoms with Crippen molar-refractivity contribution in [3.8, 4) is 0 Å². The van der Waals surface area contributed by atoms with E-state index in [2.05, 4.69) is 0 Å². The van der Waals surface area contributed by atoms with Gasteiger partial charge in [0.05, 0.1) is 0 Å². The third-order valence-corrected chi connectivity index (χ3v) is 16.3. The second kappa shape index (κ2) is 13.6. The molecule has 7 heteroatoms. The molecule has 0 aromatic heterocycles. The number of Topliss-reactive ketones (excluding diaryl/α,β-unsaturated/α-hetero) is 3. The minimum absolute atomic E-state index is 0.199. The van der Waals surface area contributed by atoms with Crippen LogP contribution in [0, 0.1) is 83.1 Å². The highest BCUT2D eigenvalue weighted by Gasteiger charge is 2.71. The SMILES string of the molecule is Cc1cc(C)c(C(=O)C(C(=O)c2c(C)cc(C)cc2C)(C(=O)c2c(C)cc(C)cc2C)[Si](C)(P=O)C(=O)c2c(C)cc(C)cc2C)c(C)c1. The second-order valence-electron chi connectivity index (χ2n) is 14.3. The van der Waals surface area contributed by atoms with Gasteiger partial charge in [0.25, 0.3) is 7.74 Å². The summed E-state index contributed by atoms with van der Waals surface area (Å²) in [6, 6.07) is 14.8. The predicted molar refractivity (Wildman–Crippen MR) is 202 cm³/mol. The lowest BCUT2D eigenvalue weighted by Gasteiger charge is -2.40. The first kappa shape index (κ1) is 37.7. The first-order valence-electron chi connectivity index (χ1n) is 16.6. The fraction of sp³-hybridized carbons (Fsp3) is 0.333. The summed E-state index contributed by atoms with van der Waals surface area (Å²) in [5, 5.41) is -3.20. The van der Waals surface area contributed by atoms with E-state index in [9.17, 15) is 4.57 Å². The van der Waals surface area contributed by atoms with Gasteiger partial charge in [-0.2, -0.15) is 0 Å².